The average molecular weight is 638 g/mol. The molecule has 3 N–H and O–H groups in total. The second-order valence-electron chi connectivity index (χ2n) is 11.7. The monoisotopic (exact) mass is 637 g/mol. The van der Waals surface area contributed by atoms with Gasteiger partial charge in [0.2, 0.25) is 0 Å². The maximum atomic E-state index is 12.1. The van der Waals surface area contributed by atoms with Gasteiger partial charge < -0.3 is 30.0 Å². The number of urea groups is 1. The fourth-order valence-corrected chi connectivity index (χ4v) is 5.64. The minimum Gasteiger partial charge on any atom is -0.465 e. The lowest BCUT2D eigenvalue weighted by molar-refractivity contribution is -0.252. The molecule has 0 aromatic heterocycles. The van der Waals surface area contributed by atoms with E-state index >= 15 is 0 Å². The lowest BCUT2D eigenvalue weighted by Gasteiger charge is -2.38. The summed E-state index contributed by atoms with van der Waals surface area (Å²) < 4.78 is 18.0. The Bertz CT molecular complexity index is 1580. The molecule has 0 bridgehead atoms. The van der Waals surface area contributed by atoms with Crippen molar-refractivity contribution in [2.75, 3.05) is 26.7 Å². The summed E-state index contributed by atoms with van der Waals surface area (Å²) in [6.45, 7) is 3.69. The fraction of sp³-hybridized carbons (Fsp3) is 0.316. The standard InChI is InChI=1S/C38H43N3O6/c1-3-45-36(43)23-40-38(44)39-22-29-10-7-11-33(20-29)30-16-18-32(19-17-30)37-46-34(25-41(2)24-27-8-5-4-6-9-27)21-35(47-37)31-14-12-28(26-42)13-15-31/h4-20,34-35,37,42H,3,21-26H2,1-2H3,(H2,39,40,44)/t34-,35+,37+/m1/s1. The Morgan fingerprint density at radius 2 is 1.55 bits per heavy atom. The van der Waals surface area contributed by atoms with E-state index in [9.17, 15) is 14.7 Å². The second kappa shape index (κ2) is 16.9. The highest BCUT2D eigenvalue weighted by Crippen LogP contribution is 2.38. The molecule has 0 aliphatic carbocycles. The van der Waals surface area contributed by atoms with Gasteiger partial charge in [0.05, 0.1) is 25.4 Å². The third-order valence-electron chi connectivity index (χ3n) is 8.02. The van der Waals surface area contributed by atoms with E-state index in [1.54, 1.807) is 6.92 Å². The van der Waals surface area contributed by atoms with E-state index in [0.29, 0.717) is 13.0 Å². The van der Waals surface area contributed by atoms with Crippen molar-refractivity contribution in [3.8, 4) is 11.1 Å². The van der Waals surface area contributed by atoms with Gasteiger partial charge in [-0.2, -0.15) is 0 Å². The van der Waals surface area contributed by atoms with Crippen molar-refractivity contribution in [3.05, 3.63) is 131 Å². The number of hydrogen-bond donors (Lipinski definition) is 3. The quantitative estimate of drug-likeness (QED) is 0.157. The summed E-state index contributed by atoms with van der Waals surface area (Å²) in [6, 6.07) is 34.0. The number of esters is 1. The summed E-state index contributed by atoms with van der Waals surface area (Å²) in [7, 11) is 2.11. The molecule has 0 unspecified atom stereocenters. The van der Waals surface area contributed by atoms with E-state index < -0.39 is 18.3 Å². The van der Waals surface area contributed by atoms with E-state index in [2.05, 4.69) is 59.0 Å². The number of aliphatic hydroxyl groups excluding tert-OH is 1. The van der Waals surface area contributed by atoms with Gasteiger partial charge >= 0.3 is 12.0 Å². The molecule has 4 aromatic rings. The van der Waals surface area contributed by atoms with Crippen LogP contribution in [0.3, 0.4) is 0 Å². The molecular formula is C38H43N3O6. The molecular weight excluding hydrogens is 594 g/mol. The molecule has 1 aliphatic rings. The van der Waals surface area contributed by atoms with Gasteiger partial charge in [-0.1, -0.05) is 97.1 Å². The number of hydrogen-bond acceptors (Lipinski definition) is 7. The molecule has 1 saturated heterocycles. The number of rotatable bonds is 13. The van der Waals surface area contributed by atoms with Crippen molar-refractivity contribution >= 4 is 12.0 Å². The first kappa shape index (κ1) is 33.8. The highest BCUT2D eigenvalue weighted by Gasteiger charge is 2.32. The van der Waals surface area contributed by atoms with Crippen LogP contribution in [0.2, 0.25) is 0 Å². The summed E-state index contributed by atoms with van der Waals surface area (Å²) in [5.74, 6) is -0.477. The summed E-state index contributed by atoms with van der Waals surface area (Å²) in [5.41, 5.74) is 7.06. The first-order valence-corrected chi connectivity index (χ1v) is 16.0. The lowest BCUT2D eigenvalue weighted by atomic mass is 9.99. The first-order chi connectivity index (χ1) is 22.9. The summed E-state index contributed by atoms with van der Waals surface area (Å²) >= 11 is 0. The molecule has 4 aromatic carbocycles. The molecule has 0 radical (unpaired) electrons. The van der Waals surface area contributed by atoms with Gasteiger partial charge in [-0.05, 0) is 53.4 Å². The highest BCUT2D eigenvalue weighted by atomic mass is 16.7. The third kappa shape index (κ3) is 9.97. The summed E-state index contributed by atoms with van der Waals surface area (Å²) in [5, 5.41) is 14.8. The van der Waals surface area contributed by atoms with E-state index in [1.807, 2.05) is 66.7 Å². The van der Waals surface area contributed by atoms with Crippen molar-refractivity contribution in [1.29, 1.82) is 0 Å². The third-order valence-corrected chi connectivity index (χ3v) is 8.02. The minimum atomic E-state index is -0.543. The van der Waals surface area contributed by atoms with Crippen LogP contribution in [0.25, 0.3) is 11.1 Å². The Morgan fingerprint density at radius 3 is 2.28 bits per heavy atom. The van der Waals surface area contributed by atoms with Gasteiger partial charge in [-0.15, -0.1) is 0 Å². The zero-order chi connectivity index (χ0) is 33.0. The van der Waals surface area contributed by atoms with Gasteiger partial charge in [0.1, 0.15) is 6.54 Å². The second-order valence-corrected chi connectivity index (χ2v) is 11.7. The predicted octanol–water partition coefficient (Wildman–Crippen LogP) is 5.89. The smallest absolute Gasteiger partial charge is 0.325 e. The minimum absolute atomic E-state index is 0.00265. The maximum Gasteiger partial charge on any atom is 0.325 e. The predicted molar refractivity (Wildman–Crippen MR) is 180 cm³/mol. The normalized spacial score (nSPS) is 17.7. The van der Waals surface area contributed by atoms with Gasteiger partial charge in [0.15, 0.2) is 6.29 Å². The molecule has 1 fully saturated rings. The van der Waals surface area contributed by atoms with Crippen molar-refractivity contribution in [3.63, 3.8) is 0 Å². The molecule has 0 saturated carbocycles. The van der Waals surface area contributed by atoms with Crippen molar-refractivity contribution < 1.29 is 28.9 Å². The van der Waals surface area contributed by atoms with E-state index in [4.69, 9.17) is 14.2 Å². The Hall–Kier alpha value is -4.54. The maximum absolute atomic E-state index is 12.1. The van der Waals surface area contributed by atoms with Crippen LogP contribution < -0.4 is 10.6 Å². The number of nitrogens with zero attached hydrogens (tertiary/aromatic N) is 1. The Balaban J connectivity index is 1.25. The van der Waals surface area contributed by atoms with Gasteiger partial charge in [-0.3, -0.25) is 9.69 Å². The van der Waals surface area contributed by atoms with E-state index in [0.717, 1.165) is 46.5 Å². The lowest BCUT2D eigenvalue weighted by Crippen LogP contribution is -2.38. The zero-order valence-corrected chi connectivity index (χ0v) is 26.9. The van der Waals surface area contributed by atoms with Crippen LogP contribution in [-0.4, -0.2) is 54.9 Å². The van der Waals surface area contributed by atoms with Crippen molar-refractivity contribution in [2.24, 2.45) is 0 Å². The molecule has 246 valence electrons. The molecule has 9 heteroatoms. The number of ether oxygens (including phenoxy) is 3. The van der Waals surface area contributed by atoms with Crippen LogP contribution in [0.4, 0.5) is 4.79 Å². The van der Waals surface area contributed by atoms with Crippen molar-refractivity contribution in [2.45, 2.75) is 51.5 Å². The molecule has 5 rings (SSSR count). The number of nitrogens with one attached hydrogen (secondary N) is 2. The average Bonchev–Trinajstić information content (AvgIpc) is 3.10. The first-order valence-electron chi connectivity index (χ1n) is 16.0. The van der Waals surface area contributed by atoms with Gasteiger partial charge in [-0.25, -0.2) is 4.79 Å². The van der Waals surface area contributed by atoms with Crippen LogP contribution in [-0.2, 0) is 38.7 Å². The van der Waals surface area contributed by atoms with Gasteiger partial charge in [0.25, 0.3) is 0 Å². The molecule has 3 atom stereocenters. The molecule has 1 aliphatic heterocycles. The Labute approximate surface area is 276 Å². The van der Waals surface area contributed by atoms with Gasteiger partial charge in [0, 0.05) is 31.6 Å². The Kier molecular flexibility index (Phi) is 12.1. The number of aliphatic hydroxyl groups is 1. The molecule has 1 heterocycles. The summed E-state index contributed by atoms with van der Waals surface area (Å²) in [6.07, 6.45) is -0.0363. The topological polar surface area (TPSA) is 109 Å². The van der Waals surface area contributed by atoms with Crippen LogP contribution in [0.15, 0.2) is 103 Å². The van der Waals surface area contributed by atoms with E-state index in [1.165, 1.54) is 5.56 Å². The molecule has 2 amide bonds. The molecule has 0 spiro atoms. The van der Waals surface area contributed by atoms with Crippen LogP contribution in [0.5, 0.6) is 0 Å². The van der Waals surface area contributed by atoms with E-state index in [-0.39, 0.29) is 32.0 Å². The number of likely N-dealkylation sites (N-methyl/N-ethyl adjacent to an activating group) is 1. The largest absolute Gasteiger partial charge is 0.465 e. The number of amides is 2. The van der Waals surface area contributed by atoms with Crippen LogP contribution in [0, 0.1) is 0 Å². The molecule has 47 heavy (non-hydrogen) atoms. The van der Waals surface area contributed by atoms with Crippen LogP contribution >= 0.6 is 0 Å². The fourth-order valence-electron chi connectivity index (χ4n) is 5.64. The highest BCUT2D eigenvalue weighted by molar-refractivity contribution is 5.80. The molecule has 9 nitrogen and oxygen atoms in total. The SMILES string of the molecule is CCOC(=O)CNC(=O)NCc1cccc(-c2ccc([C@H]3O[C@@H](CN(C)Cc4ccccc4)C[C@@H](c4ccc(CO)cc4)O3)cc2)c1. The summed E-state index contributed by atoms with van der Waals surface area (Å²) in [4.78, 5) is 25.9. The number of carbonyl (C=O) groups excluding carboxylic acids is 2. The Morgan fingerprint density at radius 1 is 0.830 bits per heavy atom. The van der Waals surface area contributed by atoms with Crippen LogP contribution in [0.1, 0.15) is 53.6 Å². The number of benzene rings is 4. The van der Waals surface area contributed by atoms with Crippen molar-refractivity contribution in [1.82, 2.24) is 15.5 Å². The number of carbonyl (C=O) groups is 2. The zero-order valence-electron chi connectivity index (χ0n) is 26.9.